The second-order valence-electron chi connectivity index (χ2n) is 3.26. The zero-order chi connectivity index (χ0) is 8.74. The van der Waals surface area contributed by atoms with Gasteiger partial charge in [-0.05, 0) is 20.8 Å². The minimum Gasteiger partial charge on any atom is -0.378 e. The van der Waals surface area contributed by atoms with E-state index in [1.54, 1.807) is 0 Å². The van der Waals surface area contributed by atoms with Gasteiger partial charge in [-0.1, -0.05) is 0 Å². The topological polar surface area (TPSA) is 18.5 Å². The van der Waals surface area contributed by atoms with Gasteiger partial charge in [0.15, 0.2) is 0 Å². The van der Waals surface area contributed by atoms with Crippen LogP contribution in [0.25, 0.3) is 0 Å². The van der Waals surface area contributed by atoms with E-state index >= 15 is 0 Å². The fourth-order valence-corrected chi connectivity index (χ4v) is 0.673. The van der Waals surface area contributed by atoms with E-state index in [0.717, 1.165) is 0 Å². The lowest BCUT2D eigenvalue weighted by atomic mass is 10.2. The van der Waals surface area contributed by atoms with Gasteiger partial charge < -0.3 is 9.47 Å². The smallest absolute Gasteiger partial charge is 0.0707 e. The maximum absolute atomic E-state index is 5.41. The first-order chi connectivity index (χ1) is 5.06. The molecule has 0 heterocycles. The molecule has 0 fully saturated rings. The lowest BCUT2D eigenvalue weighted by molar-refractivity contribution is -0.0329. The first-order valence-electron chi connectivity index (χ1n) is 3.84. The highest BCUT2D eigenvalue weighted by atomic mass is 35.5. The van der Waals surface area contributed by atoms with E-state index < -0.39 is 0 Å². The van der Waals surface area contributed by atoms with Gasteiger partial charge >= 0.3 is 0 Å². The zero-order valence-electron chi connectivity index (χ0n) is 7.52. The van der Waals surface area contributed by atoms with Crippen molar-refractivity contribution in [2.45, 2.75) is 26.4 Å². The van der Waals surface area contributed by atoms with Crippen molar-refractivity contribution in [2.24, 2.45) is 0 Å². The van der Waals surface area contributed by atoms with Gasteiger partial charge in [0, 0.05) is 5.88 Å². The van der Waals surface area contributed by atoms with Gasteiger partial charge in [-0.2, -0.15) is 0 Å². The summed E-state index contributed by atoms with van der Waals surface area (Å²) < 4.78 is 10.5. The third kappa shape index (κ3) is 10.2. The monoisotopic (exact) mass is 180 g/mol. The molecule has 11 heavy (non-hydrogen) atoms. The van der Waals surface area contributed by atoms with E-state index in [4.69, 9.17) is 21.1 Å². The SMILES string of the molecule is CC(C)(C)OCCOCCCl. The number of hydrogen-bond donors (Lipinski definition) is 0. The van der Waals surface area contributed by atoms with Crippen LogP contribution in [-0.2, 0) is 9.47 Å². The molecule has 0 amide bonds. The molecule has 0 saturated heterocycles. The van der Waals surface area contributed by atoms with Crippen molar-refractivity contribution in [1.29, 1.82) is 0 Å². The molecule has 0 bridgehead atoms. The fourth-order valence-electron chi connectivity index (χ4n) is 0.563. The number of rotatable bonds is 5. The Balaban J connectivity index is 3.02. The number of halogens is 1. The van der Waals surface area contributed by atoms with Crippen molar-refractivity contribution in [3.8, 4) is 0 Å². The van der Waals surface area contributed by atoms with E-state index in [1.807, 2.05) is 20.8 Å². The van der Waals surface area contributed by atoms with Crippen LogP contribution in [0.4, 0.5) is 0 Å². The number of ether oxygens (including phenoxy) is 2. The molecule has 0 radical (unpaired) electrons. The molecule has 0 aliphatic rings. The summed E-state index contributed by atoms with van der Waals surface area (Å²) in [5.41, 5.74) is -0.0652. The molecule has 0 aromatic carbocycles. The third-order valence-electron chi connectivity index (χ3n) is 0.984. The molecule has 0 spiro atoms. The zero-order valence-corrected chi connectivity index (χ0v) is 8.28. The molecule has 0 saturated carbocycles. The predicted octanol–water partition coefficient (Wildman–Crippen LogP) is 2.06. The maximum atomic E-state index is 5.41. The Bertz CT molecular complexity index is 88.6. The predicted molar refractivity (Wildman–Crippen MR) is 47.2 cm³/mol. The molecule has 0 rings (SSSR count). The van der Waals surface area contributed by atoms with Crippen molar-refractivity contribution >= 4 is 11.6 Å². The highest BCUT2D eigenvalue weighted by molar-refractivity contribution is 6.17. The van der Waals surface area contributed by atoms with E-state index in [1.165, 1.54) is 0 Å². The standard InChI is InChI=1S/C8H17ClO2/c1-8(2,3)11-7-6-10-5-4-9/h4-7H2,1-3H3. The van der Waals surface area contributed by atoms with Gasteiger partial charge in [0.2, 0.25) is 0 Å². The Morgan fingerprint density at radius 2 is 1.73 bits per heavy atom. The molecule has 0 atom stereocenters. The van der Waals surface area contributed by atoms with Gasteiger partial charge in [-0.3, -0.25) is 0 Å². The van der Waals surface area contributed by atoms with Crippen molar-refractivity contribution < 1.29 is 9.47 Å². The summed E-state index contributed by atoms with van der Waals surface area (Å²) in [6.07, 6.45) is 0. The first-order valence-corrected chi connectivity index (χ1v) is 4.37. The lowest BCUT2D eigenvalue weighted by Gasteiger charge is -2.19. The van der Waals surface area contributed by atoms with Gasteiger partial charge in [-0.15, -0.1) is 11.6 Å². The van der Waals surface area contributed by atoms with Crippen molar-refractivity contribution in [1.82, 2.24) is 0 Å². The Morgan fingerprint density at radius 1 is 1.09 bits per heavy atom. The van der Waals surface area contributed by atoms with Gasteiger partial charge in [0.05, 0.1) is 25.4 Å². The minimum absolute atomic E-state index is 0.0652. The quantitative estimate of drug-likeness (QED) is 0.476. The lowest BCUT2D eigenvalue weighted by Crippen LogP contribution is -2.22. The van der Waals surface area contributed by atoms with Crippen LogP contribution in [0.15, 0.2) is 0 Å². The highest BCUT2D eigenvalue weighted by Gasteiger charge is 2.08. The Hall–Kier alpha value is 0.210. The molecular weight excluding hydrogens is 164 g/mol. The second kappa shape index (κ2) is 5.81. The minimum atomic E-state index is -0.0652. The molecule has 3 heteroatoms. The Kier molecular flexibility index (Phi) is 5.92. The number of alkyl halides is 1. The normalized spacial score (nSPS) is 12.0. The summed E-state index contributed by atoms with van der Waals surface area (Å²) in [5, 5.41) is 0. The van der Waals surface area contributed by atoms with Crippen LogP contribution >= 0.6 is 11.6 Å². The molecular formula is C8H17ClO2. The van der Waals surface area contributed by atoms with Gasteiger partial charge in [-0.25, -0.2) is 0 Å². The van der Waals surface area contributed by atoms with E-state index in [9.17, 15) is 0 Å². The van der Waals surface area contributed by atoms with Crippen molar-refractivity contribution in [2.75, 3.05) is 25.7 Å². The highest BCUT2D eigenvalue weighted by Crippen LogP contribution is 2.05. The summed E-state index contributed by atoms with van der Waals surface area (Å²) in [5.74, 6) is 0.551. The van der Waals surface area contributed by atoms with Crippen molar-refractivity contribution in [3.63, 3.8) is 0 Å². The first kappa shape index (κ1) is 11.2. The van der Waals surface area contributed by atoms with Crippen LogP contribution in [0.5, 0.6) is 0 Å². The molecule has 0 aromatic heterocycles. The average molecular weight is 181 g/mol. The fraction of sp³-hybridized carbons (Fsp3) is 1.00. The average Bonchev–Trinajstić information content (AvgIpc) is 1.85. The summed E-state index contributed by atoms with van der Waals surface area (Å²) in [6.45, 7) is 7.94. The Morgan fingerprint density at radius 3 is 2.18 bits per heavy atom. The molecule has 2 nitrogen and oxygen atoms in total. The van der Waals surface area contributed by atoms with Crippen molar-refractivity contribution in [3.05, 3.63) is 0 Å². The van der Waals surface area contributed by atoms with Crippen LogP contribution in [0.1, 0.15) is 20.8 Å². The molecule has 0 N–H and O–H groups in total. The van der Waals surface area contributed by atoms with Crippen LogP contribution in [0.3, 0.4) is 0 Å². The molecule has 0 aliphatic carbocycles. The second-order valence-corrected chi connectivity index (χ2v) is 3.64. The van der Waals surface area contributed by atoms with E-state index in [-0.39, 0.29) is 5.60 Å². The Labute approximate surface area is 73.8 Å². The molecule has 0 unspecified atom stereocenters. The summed E-state index contributed by atoms with van der Waals surface area (Å²) in [6, 6.07) is 0. The van der Waals surface area contributed by atoms with Gasteiger partial charge in [0.1, 0.15) is 0 Å². The van der Waals surface area contributed by atoms with Crippen LogP contribution < -0.4 is 0 Å². The third-order valence-corrected chi connectivity index (χ3v) is 1.14. The van der Waals surface area contributed by atoms with Gasteiger partial charge in [0.25, 0.3) is 0 Å². The van der Waals surface area contributed by atoms with E-state index in [2.05, 4.69) is 0 Å². The van der Waals surface area contributed by atoms with Crippen LogP contribution in [-0.4, -0.2) is 31.3 Å². The molecule has 0 aromatic rings. The van der Waals surface area contributed by atoms with Crippen LogP contribution in [0, 0.1) is 0 Å². The summed E-state index contributed by atoms with van der Waals surface area (Å²) in [4.78, 5) is 0. The largest absolute Gasteiger partial charge is 0.378 e. The maximum Gasteiger partial charge on any atom is 0.0707 e. The number of hydrogen-bond acceptors (Lipinski definition) is 2. The molecule has 68 valence electrons. The van der Waals surface area contributed by atoms with E-state index in [0.29, 0.717) is 25.7 Å². The van der Waals surface area contributed by atoms with Crippen LogP contribution in [0.2, 0.25) is 0 Å². The molecule has 0 aliphatic heterocycles. The summed E-state index contributed by atoms with van der Waals surface area (Å²) in [7, 11) is 0. The summed E-state index contributed by atoms with van der Waals surface area (Å²) >= 11 is 5.40.